The molecule has 0 amide bonds. The first-order valence-electron chi connectivity index (χ1n) is 2.54. The van der Waals surface area contributed by atoms with Gasteiger partial charge >= 0.3 is 12.9 Å². The van der Waals surface area contributed by atoms with Crippen LogP contribution in [0.3, 0.4) is 0 Å². The van der Waals surface area contributed by atoms with Gasteiger partial charge < -0.3 is 9.84 Å². The lowest BCUT2D eigenvalue weighted by molar-refractivity contribution is 0.109. The fraction of sp³-hybridized carbons (Fsp3) is 0.667. The second-order valence-corrected chi connectivity index (χ2v) is 2.39. The molecule has 0 aliphatic heterocycles. The number of carbonyl (C=O) groups excluding carboxylic acids is 1. The smallest absolute Gasteiger partial charge is 0.418 e. The van der Waals surface area contributed by atoms with E-state index in [0.717, 1.165) is 0 Å². The van der Waals surface area contributed by atoms with Crippen molar-refractivity contribution < 1.29 is 19.4 Å². The minimum atomic E-state index is -0.373. The van der Waals surface area contributed by atoms with Gasteiger partial charge in [0.15, 0.2) is 0 Å². The van der Waals surface area contributed by atoms with E-state index in [1.807, 2.05) is 0 Å². The predicted octanol–water partition coefficient (Wildman–Crippen LogP) is 0.480. The Balaban J connectivity index is 0. The van der Waals surface area contributed by atoms with Gasteiger partial charge in [0.05, 0.1) is 0 Å². The SMILES string of the molecule is CC(C)(C)O[C]=O.O=[C]O. The van der Waals surface area contributed by atoms with E-state index in [-0.39, 0.29) is 5.60 Å². The first-order chi connectivity index (χ1) is 4.47. The van der Waals surface area contributed by atoms with E-state index in [1.54, 1.807) is 20.8 Å². The molecular formula is C6H10O4. The van der Waals surface area contributed by atoms with Crippen molar-refractivity contribution >= 4 is 12.9 Å². The molecule has 0 aromatic carbocycles. The van der Waals surface area contributed by atoms with Crippen molar-refractivity contribution in [3.8, 4) is 0 Å². The normalized spacial score (nSPS) is 8.70. The highest BCUT2D eigenvalue weighted by molar-refractivity contribution is 5.39. The highest BCUT2D eigenvalue weighted by Crippen LogP contribution is 2.02. The molecule has 0 fully saturated rings. The lowest BCUT2D eigenvalue weighted by atomic mass is 10.2. The van der Waals surface area contributed by atoms with Gasteiger partial charge in [0.25, 0.3) is 0 Å². The van der Waals surface area contributed by atoms with Gasteiger partial charge in [0.1, 0.15) is 5.60 Å². The summed E-state index contributed by atoms with van der Waals surface area (Å²) in [5.41, 5.74) is -0.373. The molecule has 0 atom stereocenters. The van der Waals surface area contributed by atoms with Crippen molar-refractivity contribution in [2.24, 2.45) is 0 Å². The number of rotatable bonds is 1. The van der Waals surface area contributed by atoms with Crippen molar-refractivity contribution in [2.75, 3.05) is 0 Å². The van der Waals surface area contributed by atoms with E-state index in [0.29, 0.717) is 6.47 Å². The maximum absolute atomic E-state index is 9.47. The average Bonchev–Trinajstić information content (AvgIpc) is 1.63. The van der Waals surface area contributed by atoms with Gasteiger partial charge in [0.2, 0.25) is 0 Å². The van der Waals surface area contributed by atoms with Crippen molar-refractivity contribution in [3.05, 3.63) is 0 Å². The Morgan fingerprint density at radius 2 is 1.60 bits per heavy atom. The first kappa shape index (κ1) is 11.7. The quantitative estimate of drug-likeness (QED) is 0.584. The molecule has 10 heavy (non-hydrogen) atoms. The molecule has 0 aromatic heterocycles. The van der Waals surface area contributed by atoms with Crippen LogP contribution in [-0.4, -0.2) is 23.7 Å². The molecule has 0 spiro atoms. The Bertz CT molecular complexity index is 92.4. The zero-order valence-corrected chi connectivity index (χ0v) is 6.17. The van der Waals surface area contributed by atoms with Crippen LogP contribution >= 0.6 is 0 Å². The van der Waals surface area contributed by atoms with Gasteiger partial charge in [-0.1, -0.05) is 0 Å². The molecule has 0 aliphatic carbocycles. The van der Waals surface area contributed by atoms with Gasteiger partial charge in [-0.15, -0.1) is 0 Å². The number of aliphatic hydroxyl groups excluding tert-OH is 1. The van der Waals surface area contributed by atoms with Crippen LogP contribution in [0.1, 0.15) is 20.8 Å². The Labute approximate surface area is 59.8 Å². The first-order valence-corrected chi connectivity index (χ1v) is 2.54. The predicted molar refractivity (Wildman–Crippen MR) is 34.9 cm³/mol. The Morgan fingerprint density at radius 1 is 1.30 bits per heavy atom. The second kappa shape index (κ2) is 6.07. The fourth-order valence-electron chi connectivity index (χ4n) is 0.125. The number of ether oxygens (including phenoxy) is 1. The third kappa shape index (κ3) is 28.3. The topological polar surface area (TPSA) is 63.6 Å². The molecule has 0 unspecified atom stereocenters. The minimum absolute atomic E-state index is 0.373. The summed E-state index contributed by atoms with van der Waals surface area (Å²) in [4.78, 5) is 17.7. The zero-order chi connectivity index (χ0) is 8.62. The monoisotopic (exact) mass is 146 g/mol. The Kier molecular flexibility index (Phi) is 7.10. The Hall–Kier alpha value is -1.06. The van der Waals surface area contributed by atoms with Crippen molar-refractivity contribution in [2.45, 2.75) is 26.4 Å². The fourth-order valence-corrected chi connectivity index (χ4v) is 0.125. The van der Waals surface area contributed by atoms with Crippen LogP contribution in [0.2, 0.25) is 0 Å². The summed E-state index contributed by atoms with van der Waals surface area (Å²) >= 11 is 0. The summed E-state index contributed by atoms with van der Waals surface area (Å²) in [6.45, 7) is 7.23. The largest absolute Gasteiger partial charge is 0.473 e. The summed E-state index contributed by atoms with van der Waals surface area (Å²) in [5.74, 6) is 0. The molecular weight excluding hydrogens is 136 g/mol. The van der Waals surface area contributed by atoms with Crippen LogP contribution in [0.5, 0.6) is 0 Å². The van der Waals surface area contributed by atoms with E-state index in [9.17, 15) is 4.79 Å². The number of hydrogen-bond donors (Lipinski definition) is 1. The van der Waals surface area contributed by atoms with E-state index < -0.39 is 0 Å². The number of hydrogen-bond acceptors (Lipinski definition) is 3. The molecule has 0 saturated heterocycles. The lowest BCUT2D eigenvalue weighted by Crippen LogP contribution is -2.17. The van der Waals surface area contributed by atoms with Crippen LogP contribution in [0.15, 0.2) is 0 Å². The highest BCUT2D eigenvalue weighted by atomic mass is 16.5. The Morgan fingerprint density at radius 3 is 1.60 bits per heavy atom. The molecule has 0 heterocycles. The van der Waals surface area contributed by atoms with Crippen LogP contribution < -0.4 is 0 Å². The summed E-state index contributed by atoms with van der Waals surface area (Å²) in [5, 5.41) is 6.76. The molecule has 0 aliphatic rings. The van der Waals surface area contributed by atoms with Crippen LogP contribution in [0.4, 0.5) is 0 Å². The van der Waals surface area contributed by atoms with Crippen LogP contribution in [-0.2, 0) is 14.3 Å². The van der Waals surface area contributed by atoms with Gasteiger partial charge in [-0.05, 0) is 20.8 Å². The molecule has 0 saturated carbocycles. The third-order valence-electron chi connectivity index (χ3n) is 0.348. The zero-order valence-electron chi connectivity index (χ0n) is 6.17. The minimum Gasteiger partial charge on any atom is -0.473 e. The molecule has 0 bridgehead atoms. The molecule has 2 radical (unpaired) electrons. The van der Waals surface area contributed by atoms with Gasteiger partial charge in [-0.3, -0.25) is 0 Å². The van der Waals surface area contributed by atoms with Gasteiger partial charge in [-0.2, -0.15) is 0 Å². The van der Waals surface area contributed by atoms with E-state index >= 15 is 0 Å². The average molecular weight is 146 g/mol. The van der Waals surface area contributed by atoms with Crippen molar-refractivity contribution in [3.63, 3.8) is 0 Å². The summed E-state index contributed by atoms with van der Waals surface area (Å²) in [6.07, 6.45) is 0. The third-order valence-corrected chi connectivity index (χ3v) is 0.348. The standard InChI is InChI=1S/C5H9O2.CHO2/c1-5(2,3)7-4-6;2-1-3/h1-3H3;(H,2,3). The molecule has 0 aromatic rings. The second-order valence-electron chi connectivity index (χ2n) is 2.39. The molecule has 58 valence electrons. The maximum atomic E-state index is 9.47. The van der Waals surface area contributed by atoms with Crippen molar-refractivity contribution in [1.29, 1.82) is 0 Å². The van der Waals surface area contributed by atoms with E-state index in [2.05, 4.69) is 4.74 Å². The molecule has 0 rings (SSSR count). The summed E-state index contributed by atoms with van der Waals surface area (Å²) in [6, 6.07) is 0. The highest BCUT2D eigenvalue weighted by Gasteiger charge is 2.08. The van der Waals surface area contributed by atoms with Crippen molar-refractivity contribution in [1.82, 2.24) is 0 Å². The summed E-state index contributed by atoms with van der Waals surface area (Å²) < 4.78 is 4.42. The van der Waals surface area contributed by atoms with E-state index in [4.69, 9.17) is 9.90 Å². The van der Waals surface area contributed by atoms with Gasteiger partial charge in [-0.25, -0.2) is 9.59 Å². The van der Waals surface area contributed by atoms with Gasteiger partial charge in [0, 0.05) is 0 Å². The van der Waals surface area contributed by atoms with E-state index in [1.165, 1.54) is 6.47 Å². The lowest BCUT2D eigenvalue weighted by Gasteiger charge is -2.13. The summed E-state index contributed by atoms with van der Waals surface area (Å²) in [7, 11) is 0. The molecule has 4 heteroatoms. The van der Waals surface area contributed by atoms with Crippen LogP contribution in [0.25, 0.3) is 0 Å². The maximum Gasteiger partial charge on any atom is 0.418 e. The molecule has 1 N–H and O–H groups in total. The molecule has 4 nitrogen and oxygen atoms in total. The van der Waals surface area contributed by atoms with Crippen LogP contribution in [0, 0.1) is 0 Å².